The van der Waals surface area contributed by atoms with Gasteiger partial charge in [-0.05, 0) is 43.4 Å². The molecular formula is C15H28. The zero-order valence-electron chi connectivity index (χ0n) is 11.1. The molecule has 0 aliphatic heterocycles. The first-order valence-corrected chi connectivity index (χ1v) is 6.90. The monoisotopic (exact) mass is 208 g/mol. The van der Waals surface area contributed by atoms with Gasteiger partial charge in [-0.15, -0.1) is 0 Å². The first-order valence-electron chi connectivity index (χ1n) is 6.90. The molecule has 1 saturated carbocycles. The highest BCUT2D eigenvalue weighted by Gasteiger charge is 2.31. The van der Waals surface area contributed by atoms with E-state index in [1.165, 1.54) is 38.5 Å². The van der Waals surface area contributed by atoms with Crippen LogP contribution in [-0.4, -0.2) is 0 Å². The van der Waals surface area contributed by atoms with E-state index in [0.717, 1.165) is 17.8 Å². The molecule has 0 aromatic heterocycles. The maximum absolute atomic E-state index is 2.51. The molecule has 1 fully saturated rings. The van der Waals surface area contributed by atoms with Gasteiger partial charge < -0.3 is 0 Å². The van der Waals surface area contributed by atoms with E-state index in [-0.39, 0.29) is 0 Å². The topological polar surface area (TPSA) is 0 Å². The molecule has 1 aliphatic carbocycles. The average molecular weight is 208 g/mol. The third-order valence-electron chi connectivity index (χ3n) is 4.05. The summed E-state index contributed by atoms with van der Waals surface area (Å²) in [5.41, 5.74) is 1.78. The van der Waals surface area contributed by atoms with Gasteiger partial charge in [-0.2, -0.15) is 0 Å². The second-order valence-electron chi connectivity index (χ2n) is 5.32. The van der Waals surface area contributed by atoms with Crippen molar-refractivity contribution < 1.29 is 0 Å². The van der Waals surface area contributed by atoms with Crippen LogP contribution >= 0.6 is 0 Å². The van der Waals surface area contributed by atoms with Gasteiger partial charge in [0, 0.05) is 0 Å². The summed E-state index contributed by atoms with van der Waals surface area (Å²) >= 11 is 0. The number of allylic oxidation sites excluding steroid dienone is 2. The van der Waals surface area contributed by atoms with E-state index >= 15 is 0 Å². The van der Waals surface area contributed by atoms with E-state index in [2.05, 4.69) is 33.8 Å². The van der Waals surface area contributed by atoms with Crippen LogP contribution < -0.4 is 0 Å². The molecular weight excluding hydrogens is 180 g/mol. The lowest BCUT2D eigenvalue weighted by atomic mass is 9.67. The van der Waals surface area contributed by atoms with Crippen molar-refractivity contribution in [2.24, 2.45) is 17.8 Å². The average Bonchev–Trinajstić information content (AvgIpc) is 2.23. The van der Waals surface area contributed by atoms with Crippen molar-refractivity contribution in [1.29, 1.82) is 0 Å². The van der Waals surface area contributed by atoms with E-state index in [9.17, 15) is 0 Å². The van der Waals surface area contributed by atoms with E-state index in [4.69, 9.17) is 0 Å². The molecule has 0 amide bonds. The summed E-state index contributed by atoms with van der Waals surface area (Å²) in [5.74, 6) is 2.71. The van der Waals surface area contributed by atoms with Crippen LogP contribution in [0.4, 0.5) is 0 Å². The highest BCUT2D eigenvalue weighted by molar-refractivity contribution is 5.14. The van der Waals surface area contributed by atoms with Crippen LogP contribution in [0.15, 0.2) is 11.6 Å². The summed E-state index contributed by atoms with van der Waals surface area (Å²) in [6.07, 6.45) is 10.8. The summed E-state index contributed by atoms with van der Waals surface area (Å²) < 4.78 is 0. The standard InChI is InChI=1S/C15H28/c1-5-7-9-12(3)14(8-6-2)15-11-10-13(15)4/h8,12-13,15H,5-7,9-11H2,1-4H3. The highest BCUT2D eigenvalue weighted by atomic mass is 14.4. The van der Waals surface area contributed by atoms with Gasteiger partial charge in [-0.1, -0.05) is 52.2 Å². The van der Waals surface area contributed by atoms with Crippen molar-refractivity contribution in [2.75, 3.05) is 0 Å². The molecule has 0 spiro atoms. The number of hydrogen-bond donors (Lipinski definition) is 0. The van der Waals surface area contributed by atoms with Gasteiger partial charge in [0.05, 0.1) is 0 Å². The van der Waals surface area contributed by atoms with Crippen molar-refractivity contribution in [3.63, 3.8) is 0 Å². The van der Waals surface area contributed by atoms with Crippen molar-refractivity contribution in [1.82, 2.24) is 0 Å². The van der Waals surface area contributed by atoms with E-state index in [1.807, 2.05) is 0 Å². The Kier molecular flexibility index (Phi) is 5.42. The predicted octanol–water partition coefficient (Wildman–Crippen LogP) is 5.20. The first kappa shape index (κ1) is 12.8. The predicted molar refractivity (Wildman–Crippen MR) is 69.0 cm³/mol. The minimum Gasteiger partial charge on any atom is -0.0850 e. The van der Waals surface area contributed by atoms with Gasteiger partial charge in [0.25, 0.3) is 0 Å². The van der Waals surface area contributed by atoms with Gasteiger partial charge in [0.1, 0.15) is 0 Å². The van der Waals surface area contributed by atoms with Gasteiger partial charge in [0.2, 0.25) is 0 Å². The highest BCUT2D eigenvalue weighted by Crippen LogP contribution is 2.42. The quantitative estimate of drug-likeness (QED) is 0.527. The Morgan fingerprint density at radius 1 is 1.33 bits per heavy atom. The van der Waals surface area contributed by atoms with Crippen molar-refractivity contribution >= 4 is 0 Å². The molecule has 0 aromatic carbocycles. The van der Waals surface area contributed by atoms with Crippen molar-refractivity contribution in [2.45, 2.75) is 66.2 Å². The second-order valence-corrected chi connectivity index (χ2v) is 5.32. The van der Waals surface area contributed by atoms with Crippen LogP contribution in [0.1, 0.15) is 66.2 Å². The largest absolute Gasteiger partial charge is 0.0850 e. The molecule has 0 nitrogen and oxygen atoms in total. The Morgan fingerprint density at radius 3 is 2.47 bits per heavy atom. The molecule has 0 bridgehead atoms. The lowest BCUT2D eigenvalue weighted by molar-refractivity contribution is 0.218. The molecule has 88 valence electrons. The molecule has 3 unspecified atom stereocenters. The molecule has 1 rings (SSSR count). The van der Waals surface area contributed by atoms with Gasteiger partial charge in [-0.3, -0.25) is 0 Å². The number of hydrogen-bond acceptors (Lipinski definition) is 0. The molecule has 0 radical (unpaired) electrons. The van der Waals surface area contributed by atoms with Gasteiger partial charge in [0.15, 0.2) is 0 Å². The van der Waals surface area contributed by atoms with E-state index in [1.54, 1.807) is 5.57 Å². The molecule has 0 saturated heterocycles. The molecule has 0 N–H and O–H groups in total. The molecule has 15 heavy (non-hydrogen) atoms. The fourth-order valence-electron chi connectivity index (χ4n) is 2.79. The van der Waals surface area contributed by atoms with Crippen LogP contribution in [0.25, 0.3) is 0 Å². The summed E-state index contributed by atoms with van der Waals surface area (Å²) in [4.78, 5) is 0. The SMILES string of the molecule is CCC=C(C(C)CCCC)C1CCC1C. The number of rotatable bonds is 6. The van der Waals surface area contributed by atoms with Crippen LogP contribution in [0.3, 0.4) is 0 Å². The van der Waals surface area contributed by atoms with E-state index < -0.39 is 0 Å². The minimum absolute atomic E-state index is 0.831. The van der Waals surface area contributed by atoms with E-state index in [0.29, 0.717) is 0 Å². The molecule has 1 aliphatic rings. The lowest BCUT2D eigenvalue weighted by Gasteiger charge is -2.38. The maximum Gasteiger partial charge on any atom is -0.0175 e. The summed E-state index contributed by atoms with van der Waals surface area (Å²) in [7, 11) is 0. The number of unbranched alkanes of at least 4 members (excludes halogenated alkanes) is 1. The minimum atomic E-state index is 0.831. The Bertz CT molecular complexity index is 202. The van der Waals surface area contributed by atoms with Crippen LogP contribution in [0.5, 0.6) is 0 Å². The fraction of sp³-hybridized carbons (Fsp3) is 0.867. The Hall–Kier alpha value is -0.260. The van der Waals surface area contributed by atoms with Crippen molar-refractivity contribution in [3.8, 4) is 0 Å². The van der Waals surface area contributed by atoms with Crippen LogP contribution in [0, 0.1) is 17.8 Å². The molecule has 3 atom stereocenters. The Morgan fingerprint density at radius 2 is 2.07 bits per heavy atom. The Labute approximate surface area is 96.2 Å². The molecule has 0 aromatic rings. The smallest absolute Gasteiger partial charge is 0.0175 e. The summed E-state index contributed by atoms with van der Waals surface area (Å²) in [6.45, 7) is 9.42. The zero-order valence-corrected chi connectivity index (χ0v) is 11.1. The molecule has 0 heterocycles. The molecule has 0 heteroatoms. The fourth-order valence-corrected chi connectivity index (χ4v) is 2.79. The van der Waals surface area contributed by atoms with Gasteiger partial charge >= 0.3 is 0 Å². The normalized spacial score (nSPS) is 28.7. The lowest BCUT2D eigenvalue weighted by Crippen LogP contribution is -2.27. The zero-order chi connectivity index (χ0) is 11.3. The Balaban J connectivity index is 2.53. The van der Waals surface area contributed by atoms with Crippen LogP contribution in [-0.2, 0) is 0 Å². The van der Waals surface area contributed by atoms with Crippen molar-refractivity contribution in [3.05, 3.63) is 11.6 Å². The maximum atomic E-state index is 2.51. The second kappa shape index (κ2) is 6.35. The van der Waals surface area contributed by atoms with Gasteiger partial charge in [-0.25, -0.2) is 0 Å². The summed E-state index contributed by atoms with van der Waals surface area (Å²) in [5, 5.41) is 0. The third-order valence-corrected chi connectivity index (χ3v) is 4.05. The van der Waals surface area contributed by atoms with Crippen LogP contribution in [0.2, 0.25) is 0 Å². The first-order chi connectivity index (χ1) is 7.20. The summed E-state index contributed by atoms with van der Waals surface area (Å²) in [6, 6.07) is 0. The third kappa shape index (κ3) is 3.36.